The molecule has 0 N–H and O–H groups in total. The van der Waals surface area contributed by atoms with Crippen LogP contribution < -0.4 is 0 Å². The predicted octanol–water partition coefficient (Wildman–Crippen LogP) is 0.916. The minimum Gasteiger partial charge on any atom is -0.466 e. The zero-order chi connectivity index (χ0) is 11.7. The van der Waals surface area contributed by atoms with E-state index in [1.54, 1.807) is 12.2 Å². The Bertz CT molecular complexity index is 272. The third-order valence-electron chi connectivity index (χ3n) is 1.57. The average Bonchev–Trinajstić information content (AvgIpc) is 2.25. The first-order valence-electron chi connectivity index (χ1n) is 4.42. The molecule has 1 amide bonds. The fourth-order valence-corrected chi connectivity index (χ4v) is 0.879. The van der Waals surface area contributed by atoms with Gasteiger partial charge in [0.05, 0.1) is 7.11 Å². The van der Waals surface area contributed by atoms with Crippen LogP contribution in [0.2, 0.25) is 0 Å². The van der Waals surface area contributed by atoms with Gasteiger partial charge in [-0.3, -0.25) is 4.79 Å². The number of hydrogen-bond donors (Lipinski definition) is 0. The van der Waals surface area contributed by atoms with E-state index in [2.05, 4.69) is 17.9 Å². The summed E-state index contributed by atoms with van der Waals surface area (Å²) in [5.74, 6) is -0.833. The fraction of sp³-hybridized carbons (Fsp3) is 0.273. The lowest BCUT2D eigenvalue weighted by Gasteiger charge is -2.16. The number of methoxy groups -OCH3 is 1. The molecule has 82 valence electrons. The highest BCUT2D eigenvalue weighted by molar-refractivity contribution is 5.94. The molecule has 0 radical (unpaired) electrons. The molecule has 0 heterocycles. The van der Waals surface area contributed by atoms with E-state index in [4.69, 9.17) is 0 Å². The Labute approximate surface area is 89.5 Å². The normalized spacial score (nSPS) is 9.67. The number of carbonyl (C=O) groups is 2. The number of hydrogen-bond acceptors (Lipinski definition) is 3. The van der Waals surface area contributed by atoms with Gasteiger partial charge in [-0.15, -0.1) is 13.2 Å². The van der Waals surface area contributed by atoms with Crippen molar-refractivity contribution in [1.29, 1.82) is 0 Å². The standard InChI is InChI=1S/C11H15NO3/c1-4-8-12(9-5-2)10(13)6-7-11(14)15-3/h4-7H,1-2,8-9H2,3H3/b7-6-. The highest BCUT2D eigenvalue weighted by Gasteiger charge is 2.06. The second-order valence-corrected chi connectivity index (χ2v) is 2.68. The van der Waals surface area contributed by atoms with Crippen LogP contribution in [0.1, 0.15) is 0 Å². The Morgan fingerprint density at radius 1 is 1.20 bits per heavy atom. The van der Waals surface area contributed by atoms with Crippen LogP contribution in [0.3, 0.4) is 0 Å². The van der Waals surface area contributed by atoms with Gasteiger partial charge in [0, 0.05) is 25.2 Å². The van der Waals surface area contributed by atoms with Crippen molar-refractivity contribution in [2.45, 2.75) is 0 Å². The summed E-state index contributed by atoms with van der Waals surface area (Å²) in [5, 5.41) is 0. The summed E-state index contributed by atoms with van der Waals surface area (Å²) in [4.78, 5) is 23.7. The predicted molar refractivity (Wildman–Crippen MR) is 58.1 cm³/mol. The zero-order valence-corrected chi connectivity index (χ0v) is 8.81. The van der Waals surface area contributed by atoms with Gasteiger partial charge in [0.1, 0.15) is 0 Å². The monoisotopic (exact) mass is 209 g/mol. The molecule has 0 aliphatic rings. The summed E-state index contributed by atoms with van der Waals surface area (Å²) in [6.07, 6.45) is 5.46. The average molecular weight is 209 g/mol. The Kier molecular flexibility index (Phi) is 6.63. The number of carbonyl (C=O) groups excluding carboxylic acids is 2. The minimum absolute atomic E-state index is 0.278. The van der Waals surface area contributed by atoms with Crippen LogP contribution in [-0.2, 0) is 14.3 Å². The van der Waals surface area contributed by atoms with Crippen molar-refractivity contribution in [3.8, 4) is 0 Å². The van der Waals surface area contributed by atoms with E-state index in [1.807, 2.05) is 0 Å². The number of rotatable bonds is 6. The second-order valence-electron chi connectivity index (χ2n) is 2.68. The Morgan fingerprint density at radius 3 is 2.13 bits per heavy atom. The van der Waals surface area contributed by atoms with E-state index in [9.17, 15) is 9.59 Å². The molecule has 0 fully saturated rings. The number of nitrogens with zero attached hydrogens (tertiary/aromatic N) is 1. The minimum atomic E-state index is -0.555. The Morgan fingerprint density at radius 2 is 1.73 bits per heavy atom. The van der Waals surface area contributed by atoms with Gasteiger partial charge in [-0.25, -0.2) is 4.79 Å². The van der Waals surface area contributed by atoms with E-state index >= 15 is 0 Å². The van der Waals surface area contributed by atoms with E-state index in [0.717, 1.165) is 6.08 Å². The van der Waals surface area contributed by atoms with Crippen LogP contribution in [0, 0.1) is 0 Å². The first-order valence-corrected chi connectivity index (χ1v) is 4.42. The zero-order valence-electron chi connectivity index (χ0n) is 8.81. The summed E-state index contributed by atoms with van der Waals surface area (Å²) >= 11 is 0. The summed E-state index contributed by atoms with van der Waals surface area (Å²) < 4.78 is 4.36. The smallest absolute Gasteiger partial charge is 0.330 e. The fourth-order valence-electron chi connectivity index (χ4n) is 0.879. The van der Waals surface area contributed by atoms with Crippen LogP contribution in [-0.4, -0.2) is 37.0 Å². The molecule has 0 bridgehead atoms. The molecule has 0 aromatic heterocycles. The van der Waals surface area contributed by atoms with Crippen molar-refractivity contribution < 1.29 is 14.3 Å². The van der Waals surface area contributed by atoms with Crippen LogP contribution in [0.4, 0.5) is 0 Å². The molecule has 0 aromatic carbocycles. The Hall–Kier alpha value is -1.84. The molecule has 0 spiro atoms. The van der Waals surface area contributed by atoms with E-state index < -0.39 is 5.97 Å². The topological polar surface area (TPSA) is 46.6 Å². The molecule has 4 heteroatoms. The summed E-state index contributed by atoms with van der Waals surface area (Å²) in [6, 6.07) is 0. The molecule has 0 unspecified atom stereocenters. The summed E-state index contributed by atoms with van der Waals surface area (Å²) in [7, 11) is 1.25. The number of esters is 1. The second kappa shape index (κ2) is 7.55. The molecule has 0 rings (SSSR count). The number of ether oxygens (including phenoxy) is 1. The lowest BCUT2D eigenvalue weighted by Crippen LogP contribution is -2.29. The van der Waals surface area contributed by atoms with Gasteiger partial charge in [0.2, 0.25) is 5.91 Å². The lowest BCUT2D eigenvalue weighted by molar-refractivity contribution is -0.135. The van der Waals surface area contributed by atoms with E-state index in [1.165, 1.54) is 18.1 Å². The first kappa shape index (κ1) is 13.2. The van der Waals surface area contributed by atoms with E-state index in [0.29, 0.717) is 13.1 Å². The molecule has 0 aliphatic heterocycles. The first-order chi connectivity index (χ1) is 7.15. The van der Waals surface area contributed by atoms with Gasteiger partial charge in [0.15, 0.2) is 0 Å². The molecular weight excluding hydrogens is 194 g/mol. The van der Waals surface area contributed by atoms with Gasteiger partial charge in [-0.05, 0) is 0 Å². The van der Waals surface area contributed by atoms with Crippen molar-refractivity contribution >= 4 is 11.9 Å². The SMILES string of the molecule is C=CCN(CC=C)C(=O)/C=C\C(=O)OC. The van der Waals surface area contributed by atoms with Gasteiger partial charge < -0.3 is 9.64 Å². The molecular formula is C11H15NO3. The molecule has 0 aromatic rings. The van der Waals surface area contributed by atoms with Crippen LogP contribution >= 0.6 is 0 Å². The molecule has 0 aliphatic carbocycles. The summed E-state index contributed by atoms with van der Waals surface area (Å²) in [6.45, 7) is 7.89. The maximum Gasteiger partial charge on any atom is 0.330 e. The number of amides is 1. The van der Waals surface area contributed by atoms with Gasteiger partial charge in [-0.2, -0.15) is 0 Å². The van der Waals surface area contributed by atoms with Crippen LogP contribution in [0.25, 0.3) is 0 Å². The molecule has 4 nitrogen and oxygen atoms in total. The molecule has 0 atom stereocenters. The van der Waals surface area contributed by atoms with Crippen LogP contribution in [0.5, 0.6) is 0 Å². The maximum absolute atomic E-state index is 11.5. The largest absolute Gasteiger partial charge is 0.466 e. The lowest BCUT2D eigenvalue weighted by atomic mass is 10.4. The van der Waals surface area contributed by atoms with Crippen molar-refractivity contribution in [2.75, 3.05) is 20.2 Å². The molecule has 0 saturated carbocycles. The summed E-state index contributed by atoms with van der Waals surface area (Å²) in [5.41, 5.74) is 0. The molecule has 0 saturated heterocycles. The van der Waals surface area contributed by atoms with Gasteiger partial charge in [-0.1, -0.05) is 12.2 Å². The third-order valence-corrected chi connectivity index (χ3v) is 1.57. The molecule has 15 heavy (non-hydrogen) atoms. The quantitative estimate of drug-likeness (QED) is 0.371. The van der Waals surface area contributed by atoms with E-state index in [-0.39, 0.29) is 5.91 Å². The Balaban J connectivity index is 4.36. The highest BCUT2D eigenvalue weighted by atomic mass is 16.5. The van der Waals surface area contributed by atoms with Gasteiger partial charge >= 0.3 is 5.97 Å². The van der Waals surface area contributed by atoms with Crippen molar-refractivity contribution in [3.63, 3.8) is 0 Å². The third kappa shape index (κ3) is 5.46. The van der Waals surface area contributed by atoms with Crippen molar-refractivity contribution in [1.82, 2.24) is 4.90 Å². The highest BCUT2D eigenvalue weighted by Crippen LogP contribution is 1.93. The van der Waals surface area contributed by atoms with Crippen molar-refractivity contribution in [3.05, 3.63) is 37.5 Å². The van der Waals surface area contributed by atoms with Gasteiger partial charge in [0.25, 0.3) is 0 Å². The van der Waals surface area contributed by atoms with Crippen molar-refractivity contribution in [2.24, 2.45) is 0 Å². The maximum atomic E-state index is 11.5. The van der Waals surface area contributed by atoms with Crippen LogP contribution in [0.15, 0.2) is 37.5 Å².